The van der Waals surface area contributed by atoms with E-state index in [1.807, 2.05) is 11.8 Å². The van der Waals surface area contributed by atoms with Gasteiger partial charge in [-0.15, -0.1) is 0 Å². The van der Waals surface area contributed by atoms with E-state index in [2.05, 4.69) is 12.2 Å². The molecule has 4 atom stereocenters. The fourth-order valence-corrected chi connectivity index (χ4v) is 3.27. The van der Waals surface area contributed by atoms with Crippen molar-refractivity contribution >= 4 is 11.8 Å². The van der Waals surface area contributed by atoms with Gasteiger partial charge in [-0.1, -0.05) is 6.92 Å². The Labute approximate surface area is 83.2 Å². The van der Waals surface area contributed by atoms with Gasteiger partial charge >= 0.3 is 0 Å². The highest BCUT2D eigenvalue weighted by atomic mass is 32.2. The van der Waals surface area contributed by atoms with Crippen molar-refractivity contribution in [1.82, 2.24) is 5.32 Å². The lowest BCUT2D eigenvalue weighted by atomic mass is 10.0. The van der Waals surface area contributed by atoms with E-state index >= 15 is 0 Å². The first-order chi connectivity index (χ1) is 6.27. The van der Waals surface area contributed by atoms with Crippen LogP contribution in [0.15, 0.2) is 0 Å². The summed E-state index contributed by atoms with van der Waals surface area (Å²) >= 11 is 1.99. The predicted octanol–water partition coefficient (Wildman–Crippen LogP) is 0.0872. The Morgan fingerprint density at radius 3 is 2.69 bits per heavy atom. The van der Waals surface area contributed by atoms with Crippen LogP contribution in [0.3, 0.4) is 0 Å². The molecule has 2 fully saturated rings. The molecule has 0 aromatic rings. The molecule has 0 saturated carbocycles. The van der Waals surface area contributed by atoms with E-state index in [-0.39, 0.29) is 12.1 Å². The number of hydrogen-bond acceptors (Lipinski definition) is 4. The van der Waals surface area contributed by atoms with Gasteiger partial charge in [-0.3, -0.25) is 0 Å². The maximum atomic E-state index is 9.54. The second-order valence-electron chi connectivity index (χ2n) is 4.00. The van der Waals surface area contributed by atoms with Crippen molar-refractivity contribution < 1.29 is 9.84 Å². The predicted molar refractivity (Wildman–Crippen MR) is 54.0 cm³/mol. The normalized spacial score (nSPS) is 45.7. The highest BCUT2D eigenvalue weighted by molar-refractivity contribution is 7.99. The van der Waals surface area contributed by atoms with E-state index in [0.29, 0.717) is 19.3 Å². The number of nitrogens with one attached hydrogen (secondary N) is 1. The van der Waals surface area contributed by atoms with Gasteiger partial charge in [0.15, 0.2) is 0 Å². The molecule has 2 rings (SSSR count). The Hall–Kier alpha value is 0.230. The Morgan fingerprint density at radius 1 is 1.31 bits per heavy atom. The minimum Gasteiger partial charge on any atom is -0.389 e. The quantitative estimate of drug-likeness (QED) is 0.667. The molecule has 2 N–H and O–H groups in total. The van der Waals surface area contributed by atoms with Crippen LogP contribution in [-0.2, 0) is 4.74 Å². The molecule has 0 spiro atoms. The van der Waals surface area contributed by atoms with Crippen LogP contribution in [-0.4, -0.2) is 48.0 Å². The third-order valence-corrected chi connectivity index (χ3v) is 4.20. The highest BCUT2D eigenvalue weighted by Crippen LogP contribution is 2.24. The van der Waals surface area contributed by atoms with Crippen LogP contribution in [0.25, 0.3) is 0 Å². The molecular weight excluding hydrogens is 186 g/mol. The van der Waals surface area contributed by atoms with E-state index in [9.17, 15) is 5.11 Å². The van der Waals surface area contributed by atoms with Crippen LogP contribution in [0.5, 0.6) is 0 Å². The largest absolute Gasteiger partial charge is 0.389 e. The van der Waals surface area contributed by atoms with Gasteiger partial charge in [0.2, 0.25) is 0 Å². The van der Waals surface area contributed by atoms with Crippen LogP contribution < -0.4 is 5.32 Å². The maximum Gasteiger partial charge on any atom is 0.0948 e. The smallest absolute Gasteiger partial charge is 0.0948 e. The molecular formula is C9H17NO2S. The molecule has 0 amide bonds. The molecule has 2 aliphatic rings. The fraction of sp³-hybridized carbons (Fsp3) is 1.00. The van der Waals surface area contributed by atoms with Gasteiger partial charge in [0.05, 0.1) is 25.4 Å². The number of ether oxygens (including phenoxy) is 1. The summed E-state index contributed by atoms with van der Waals surface area (Å²) in [4.78, 5) is 0. The molecule has 0 aromatic heterocycles. The topological polar surface area (TPSA) is 41.5 Å². The lowest BCUT2D eigenvalue weighted by Gasteiger charge is -2.22. The summed E-state index contributed by atoms with van der Waals surface area (Å²) in [5.41, 5.74) is 0. The molecule has 0 radical (unpaired) electrons. The van der Waals surface area contributed by atoms with Crippen molar-refractivity contribution in [3.8, 4) is 0 Å². The third-order valence-electron chi connectivity index (χ3n) is 2.84. The highest BCUT2D eigenvalue weighted by Gasteiger charge is 2.32. The van der Waals surface area contributed by atoms with Gasteiger partial charge in [-0.2, -0.15) is 11.8 Å². The number of hydrogen-bond donors (Lipinski definition) is 2. The summed E-state index contributed by atoms with van der Waals surface area (Å²) < 4.78 is 5.20. The number of aliphatic hydroxyl groups is 1. The molecule has 3 nitrogen and oxygen atoms in total. The van der Waals surface area contributed by atoms with Gasteiger partial charge in [-0.05, 0) is 11.7 Å². The zero-order chi connectivity index (χ0) is 9.26. The van der Waals surface area contributed by atoms with Gasteiger partial charge in [0.1, 0.15) is 0 Å². The van der Waals surface area contributed by atoms with Crippen LogP contribution in [0.4, 0.5) is 0 Å². The monoisotopic (exact) mass is 203 g/mol. The summed E-state index contributed by atoms with van der Waals surface area (Å²) in [6, 6.07) is 0.720. The summed E-state index contributed by atoms with van der Waals surface area (Å²) in [5.74, 6) is 3.13. The number of aliphatic hydroxyl groups excluding tert-OH is 1. The summed E-state index contributed by atoms with van der Waals surface area (Å²) in [6.45, 7) is 3.42. The van der Waals surface area contributed by atoms with Crippen LogP contribution in [0.1, 0.15) is 6.92 Å². The molecule has 4 heteroatoms. The Bertz CT molecular complexity index is 161. The van der Waals surface area contributed by atoms with Crippen LogP contribution in [0.2, 0.25) is 0 Å². The SMILES string of the molecule is CC1CSCC1NC1COCC1O. The van der Waals surface area contributed by atoms with Gasteiger partial charge in [-0.25, -0.2) is 0 Å². The first-order valence-electron chi connectivity index (χ1n) is 4.87. The van der Waals surface area contributed by atoms with Crippen molar-refractivity contribution in [3.63, 3.8) is 0 Å². The molecule has 0 aromatic carbocycles. The van der Waals surface area contributed by atoms with E-state index in [0.717, 1.165) is 5.92 Å². The summed E-state index contributed by atoms with van der Waals surface area (Å²) in [7, 11) is 0. The third kappa shape index (κ3) is 2.18. The van der Waals surface area contributed by atoms with Crippen molar-refractivity contribution in [2.75, 3.05) is 24.7 Å². The lowest BCUT2D eigenvalue weighted by Crippen LogP contribution is -2.47. The summed E-state index contributed by atoms with van der Waals surface area (Å²) in [5, 5.41) is 13.0. The van der Waals surface area contributed by atoms with Crippen molar-refractivity contribution in [3.05, 3.63) is 0 Å². The summed E-state index contributed by atoms with van der Waals surface area (Å²) in [6.07, 6.45) is -0.308. The van der Waals surface area contributed by atoms with E-state index in [1.54, 1.807) is 0 Å². The molecule has 13 heavy (non-hydrogen) atoms. The molecule has 2 saturated heterocycles. The molecule has 2 heterocycles. The second kappa shape index (κ2) is 4.17. The average Bonchev–Trinajstić information content (AvgIpc) is 2.65. The first-order valence-corrected chi connectivity index (χ1v) is 6.02. The van der Waals surface area contributed by atoms with Crippen molar-refractivity contribution in [1.29, 1.82) is 0 Å². The van der Waals surface area contributed by atoms with E-state index in [4.69, 9.17) is 4.74 Å². The van der Waals surface area contributed by atoms with E-state index in [1.165, 1.54) is 11.5 Å². The Balaban J connectivity index is 1.82. The molecule has 0 aliphatic carbocycles. The lowest BCUT2D eigenvalue weighted by molar-refractivity contribution is 0.121. The van der Waals surface area contributed by atoms with Crippen molar-refractivity contribution in [2.24, 2.45) is 5.92 Å². The molecule has 0 bridgehead atoms. The number of thioether (sulfide) groups is 1. The molecule has 2 aliphatic heterocycles. The number of rotatable bonds is 2. The van der Waals surface area contributed by atoms with Crippen molar-refractivity contribution in [2.45, 2.75) is 25.1 Å². The Morgan fingerprint density at radius 2 is 2.15 bits per heavy atom. The fourth-order valence-electron chi connectivity index (χ4n) is 1.85. The second-order valence-corrected chi connectivity index (χ2v) is 5.07. The van der Waals surface area contributed by atoms with E-state index < -0.39 is 0 Å². The standard InChI is InChI=1S/C9H17NO2S/c1-6-4-13-5-8(6)10-7-2-12-3-9(7)11/h6-11H,2-5H2,1H3. The van der Waals surface area contributed by atoms with Crippen LogP contribution in [0, 0.1) is 5.92 Å². The minimum atomic E-state index is -0.308. The van der Waals surface area contributed by atoms with Gasteiger partial charge in [0, 0.05) is 11.8 Å². The average molecular weight is 203 g/mol. The first kappa shape index (κ1) is 9.77. The molecule has 76 valence electrons. The van der Waals surface area contributed by atoms with Gasteiger partial charge in [0.25, 0.3) is 0 Å². The maximum absolute atomic E-state index is 9.54. The van der Waals surface area contributed by atoms with Crippen LogP contribution >= 0.6 is 11.8 Å². The molecule has 4 unspecified atom stereocenters. The van der Waals surface area contributed by atoms with Gasteiger partial charge < -0.3 is 15.2 Å². The minimum absolute atomic E-state index is 0.158. The Kier molecular flexibility index (Phi) is 3.14. The zero-order valence-corrected chi connectivity index (χ0v) is 8.72. The zero-order valence-electron chi connectivity index (χ0n) is 7.90.